The van der Waals surface area contributed by atoms with E-state index in [-0.39, 0.29) is 37.9 Å². The van der Waals surface area contributed by atoms with Gasteiger partial charge in [-0.1, -0.05) is 0 Å². The van der Waals surface area contributed by atoms with Gasteiger partial charge in [-0.3, -0.25) is 4.79 Å². The van der Waals surface area contributed by atoms with Crippen LogP contribution < -0.4 is 14.8 Å². The van der Waals surface area contributed by atoms with Gasteiger partial charge < -0.3 is 80.1 Å². The second kappa shape index (κ2) is 23.2. The Kier molecular flexibility index (Phi) is 18.8. The number of nitrogens with one attached hydrogen (secondary N) is 1. The highest BCUT2D eigenvalue weighted by Gasteiger charge is 2.47. The summed E-state index contributed by atoms with van der Waals surface area (Å²) in [4.78, 5) is 63.7. The smallest absolute Gasteiger partial charge is 0.409 e. The second-order valence-electron chi connectivity index (χ2n) is 13.9. The molecule has 55 heavy (non-hydrogen) atoms. The van der Waals surface area contributed by atoms with Gasteiger partial charge in [-0.25, -0.2) is 19.2 Å². The summed E-state index contributed by atoms with van der Waals surface area (Å²) in [5.41, 5.74) is 6.05. The number of benzene rings is 1. The molecule has 0 aromatic heterocycles. The number of nitrogens with zero attached hydrogens (tertiary/aromatic N) is 5. The molecule has 2 aliphatic rings. The van der Waals surface area contributed by atoms with Crippen molar-refractivity contribution in [2.45, 2.75) is 63.8 Å². The van der Waals surface area contributed by atoms with Crippen LogP contribution in [0.5, 0.6) is 11.5 Å². The van der Waals surface area contributed by atoms with E-state index in [2.05, 4.69) is 15.5 Å². The minimum Gasteiger partial charge on any atom is -0.488 e. The number of amides is 5. The third-order valence-electron chi connectivity index (χ3n) is 8.22. The number of carbonyl (C=O) groups is 5. The van der Waals surface area contributed by atoms with Gasteiger partial charge in [-0.05, 0) is 40.0 Å². The van der Waals surface area contributed by atoms with Crippen LogP contribution in [0.15, 0.2) is 18.2 Å². The Bertz CT molecular complexity index is 1430. The van der Waals surface area contributed by atoms with Crippen LogP contribution in [0.2, 0.25) is 0 Å². The summed E-state index contributed by atoms with van der Waals surface area (Å²) in [5, 5.41) is 50.6. The van der Waals surface area contributed by atoms with E-state index in [0.717, 1.165) is 18.0 Å². The van der Waals surface area contributed by atoms with Gasteiger partial charge in [-0.15, -0.1) is 0 Å². The fourth-order valence-corrected chi connectivity index (χ4v) is 4.78. The first-order valence-corrected chi connectivity index (χ1v) is 17.1. The van der Waals surface area contributed by atoms with Crippen LogP contribution in [0.4, 0.5) is 19.2 Å². The molecule has 1 aromatic carbocycles. The van der Waals surface area contributed by atoms with Gasteiger partial charge >= 0.3 is 30.3 Å². The van der Waals surface area contributed by atoms with Crippen LogP contribution in [-0.2, 0) is 16.1 Å². The summed E-state index contributed by atoms with van der Waals surface area (Å²) in [6, 6.07) is 4.84. The van der Waals surface area contributed by atoms with E-state index in [4.69, 9.17) is 24.0 Å². The van der Waals surface area contributed by atoms with Gasteiger partial charge in [0.1, 0.15) is 42.0 Å². The van der Waals surface area contributed by atoms with Crippen molar-refractivity contribution in [3.63, 3.8) is 0 Å². The lowest BCUT2D eigenvalue weighted by atomic mass is 9.80. The number of hydrogen-bond acceptors (Lipinski definition) is 14. The number of aliphatic hydroxyl groups excluding tert-OH is 3. The Hall–Kier alpha value is -4.83. The van der Waals surface area contributed by atoms with Crippen LogP contribution >= 0.6 is 0 Å². The molecule has 21 nitrogen and oxygen atoms in total. The molecule has 0 unspecified atom stereocenters. The number of carboxylic acid groups (broad SMARTS) is 3. The average Bonchev–Trinajstić information content (AvgIpc) is 3.48. The Balaban J connectivity index is 0.00000132. The van der Waals surface area contributed by atoms with Crippen molar-refractivity contribution in [3.8, 4) is 11.5 Å². The molecular weight excluding hydrogens is 732 g/mol. The van der Waals surface area contributed by atoms with Gasteiger partial charge in [0.05, 0.1) is 12.0 Å². The molecule has 0 spiro atoms. The number of aliphatic carboxylic acids is 1. The third-order valence-corrected chi connectivity index (χ3v) is 8.22. The first kappa shape index (κ1) is 44.6. The van der Waals surface area contributed by atoms with Crippen molar-refractivity contribution in [2.24, 2.45) is 5.92 Å². The Morgan fingerprint density at radius 3 is 1.95 bits per heavy atom. The summed E-state index contributed by atoms with van der Waals surface area (Å²) >= 11 is 0. The zero-order chi connectivity index (χ0) is 44.9. The molecular formula is C34H60N6O15. The zero-order valence-electron chi connectivity index (χ0n) is 35.8. The second-order valence-corrected chi connectivity index (χ2v) is 13.9. The van der Waals surface area contributed by atoms with Crippen LogP contribution in [0.1, 0.15) is 34.2 Å². The predicted octanol–water partition coefficient (Wildman–Crippen LogP) is -0.0488. The average molecular weight is 796 g/mol. The lowest BCUT2D eigenvalue weighted by molar-refractivity contribution is -0.174. The van der Waals surface area contributed by atoms with E-state index in [1.807, 2.05) is 34.9 Å². The SMILES string of the molecule is CN1CCN(C)C1=O.[2H]O.[2H]OC(=O)N(C)CCN(C)C(=O)OCc1ccc(OC(C)(C)C)cc1O[C@@H]1C[C@H](C(=O)O)[C@@H](O)[C@H](O)[C@H]1O.[2H]OC(=O)N(C)CCNC. The van der Waals surface area contributed by atoms with E-state index >= 15 is 0 Å². The maximum absolute atomic E-state index is 12.5. The number of rotatable bonds is 12. The number of aliphatic hydroxyl groups is 3. The summed E-state index contributed by atoms with van der Waals surface area (Å²) in [5.74, 6) is -2.20. The van der Waals surface area contributed by atoms with Gasteiger partial charge in [-0.2, -0.15) is 0 Å². The summed E-state index contributed by atoms with van der Waals surface area (Å²) in [6.45, 7) is 8.41. The molecule has 21 heteroatoms. The van der Waals surface area contributed by atoms with E-state index in [0.29, 0.717) is 24.4 Å². The van der Waals surface area contributed by atoms with Gasteiger partial charge in [0.2, 0.25) is 1.43 Å². The summed E-state index contributed by atoms with van der Waals surface area (Å²) < 4.78 is 34.8. The van der Waals surface area contributed by atoms with Gasteiger partial charge in [0, 0.05) is 92.6 Å². The minimum atomic E-state index is -1.75. The van der Waals surface area contributed by atoms with Crippen LogP contribution in [0, 0.1) is 5.92 Å². The molecule has 316 valence electrons. The highest BCUT2D eigenvalue weighted by Crippen LogP contribution is 2.34. The predicted molar refractivity (Wildman–Crippen MR) is 197 cm³/mol. The normalized spacial score (nSPS) is 20.9. The molecule has 1 heterocycles. The first-order chi connectivity index (χ1) is 27.1. The highest BCUT2D eigenvalue weighted by atomic mass is 16.6. The van der Waals surface area contributed by atoms with E-state index in [1.165, 1.54) is 30.0 Å². The van der Waals surface area contributed by atoms with Crippen LogP contribution in [-0.4, -0.2) is 202 Å². The van der Waals surface area contributed by atoms with Crippen molar-refractivity contribution in [1.29, 1.82) is 2.86 Å². The van der Waals surface area contributed by atoms with E-state index < -0.39 is 60.2 Å². The van der Waals surface area contributed by atoms with Crippen LogP contribution in [0.25, 0.3) is 2.86 Å². The van der Waals surface area contributed by atoms with Gasteiger partial charge in [0.25, 0.3) is 2.86 Å². The molecule has 1 saturated heterocycles. The molecule has 3 rings (SSSR count). The lowest BCUT2D eigenvalue weighted by Gasteiger charge is -2.38. The Morgan fingerprint density at radius 1 is 0.927 bits per heavy atom. The number of carboxylic acids is 1. The number of likely N-dealkylation sites (N-methyl/N-ethyl adjacent to an activating group) is 6. The minimum absolute atomic E-state index is 0.0923. The molecule has 2 fully saturated rings. The third kappa shape index (κ3) is 17.0. The molecule has 5 atom stereocenters. The molecule has 1 aromatic rings. The number of urea groups is 1. The Labute approximate surface area is 325 Å². The molecule has 1 aliphatic heterocycles. The molecule has 1 saturated carbocycles. The number of ether oxygens (including phenoxy) is 3. The number of hydrogen-bond donors (Lipinski definition) is 7. The van der Waals surface area contributed by atoms with Crippen molar-refractivity contribution in [1.82, 2.24) is 29.8 Å². The monoisotopic (exact) mass is 795 g/mol. The number of carbonyl (C=O) groups excluding carboxylic acids is 2. The standard InChI is InChI=1S/C24H36N2O11.C5H12N2O2.C5H10N2O.H2O/c1-24(2,3)37-14-7-6-13(12-35-23(34)26(5)9-8-25(4)22(32)33)16(10-14)36-17-11-15(21(30)31)18(27)20(29)19(17)28;1-6-3-4-7(2)5(8)9;1-6-3-4-7(2)5(6)8;/h6-7,10,15,17-20,27-29H,8-9,11-12H2,1-5H3,(H,30,31)(H,32,33);6H,3-4H2,1-2H3,(H,8,9);3-4H2,1-2H3;1H2/t15-,17+,18+,19-,20-;;;/m0.../s1/i/hD3. The van der Waals surface area contributed by atoms with Crippen molar-refractivity contribution in [3.05, 3.63) is 23.8 Å². The molecule has 1 aliphatic carbocycles. The topological polar surface area (TPSA) is 294 Å². The lowest BCUT2D eigenvalue weighted by Crippen LogP contribution is -2.57. The fraction of sp³-hybridized carbons (Fsp3) is 0.676. The molecule has 0 bridgehead atoms. The van der Waals surface area contributed by atoms with Crippen molar-refractivity contribution in [2.75, 3.05) is 81.6 Å². The zero-order valence-corrected chi connectivity index (χ0v) is 32.8. The Morgan fingerprint density at radius 2 is 1.47 bits per heavy atom. The quantitative estimate of drug-likeness (QED) is 0.146. The molecule has 9 N–H and O–H groups in total. The van der Waals surface area contributed by atoms with Crippen molar-refractivity contribution >= 4 is 30.3 Å². The molecule has 0 radical (unpaired) electrons. The summed E-state index contributed by atoms with van der Waals surface area (Å²) in [6.07, 6.45) is -8.70. The maximum atomic E-state index is 12.5. The fourth-order valence-electron chi connectivity index (χ4n) is 4.78. The van der Waals surface area contributed by atoms with Crippen molar-refractivity contribution < 1.29 is 75.7 Å². The first-order valence-electron chi connectivity index (χ1n) is 18.4. The maximum Gasteiger partial charge on any atom is 0.409 e. The largest absolute Gasteiger partial charge is 0.488 e. The summed E-state index contributed by atoms with van der Waals surface area (Å²) in [7, 11) is 9.86. The molecule has 5 amide bonds. The van der Waals surface area contributed by atoms with Gasteiger partial charge in [0.15, 0.2) is 0 Å². The van der Waals surface area contributed by atoms with E-state index in [9.17, 15) is 44.4 Å². The van der Waals surface area contributed by atoms with E-state index in [1.54, 1.807) is 36.0 Å². The highest BCUT2D eigenvalue weighted by molar-refractivity contribution is 5.75. The van der Waals surface area contributed by atoms with Crippen LogP contribution in [0.3, 0.4) is 0 Å².